The van der Waals surface area contributed by atoms with Gasteiger partial charge in [0, 0.05) is 18.0 Å². The van der Waals surface area contributed by atoms with E-state index in [0.717, 1.165) is 42.2 Å². The molecule has 1 aromatic carbocycles. The minimum atomic E-state index is -0.0291. The second kappa shape index (κ2) is 4.71. The minimum Gasteiger partial charge on any atom is -0.497 e. The van der Waals surface area contributed by atoms with Gasteiger partial charge in [-0.25, -0.2) is 0 Å². The van der Waals surface area contributed by atoms with Gasteiger partial charge in [-0.15, -0.1) is 0 Å². The summed E-state index contributed by atoms with van der Waals surface area (Å²) in [5, 5.41) is 0. The van der Waals surface area contributed by atoms with Crippen molar-refractivity contribution in [1.82, 2.24) is 0 Å². The van der Waals surface area contributed by atoms with Crippen LogP contribution in [0.4, 0.5) is 0 Å². The van der Waals surface area contributed by atoms with E-state index in [4.69, 9.17) is 15.2 Å². The average Bonchev–Trinajstić information content (AvgIpc) is 2.38. The molecule has 1 aromatic rings. The number of hydrogen-bond acceptors (Lipinski definition) is 3. The summed E-state index contributed by atoms with van der Waals surface area (Å²) in [6.45, 7) is 2.32. The molecule has 2 unspecified atom stereocenters. The van der Waals surface area contributed by atoms with Crippen LogP contribution in [0.25, 0.3) is 0 Å². The Morgan fingerprint density at radius 2 is 2.21 bits per heavy atom. The van der Waals surface area contributed by atoms with Crippen LogP contribution in [0.5, 0.6) is 11.5 Å². The first kappa shape index (κ1) is 12.8. The molecule has 0 bridgehead atoms. The second-order valence-electron chi connectivity index (χ2n) is 6.20. The lowest BCUT2D eigenvalue weighted by molar-refractivity contribution is -0.0140. The number of benzene rings is 1. The van der Waals surface area contributed by atoms with Crippen LogP contribution in [0.2, 0.25) is 0 Å². The molecule has 0 amide bonds. The molecule has 3 nitrogen and oxygen atoms in total. The number of methoxy groups -OCH3 is 1. The van der Waals surface area contributed by atoms with Gasteiger partial charge in [-0.1, -0.05) is 13.3 Å². The summed E-state index contributed by atoms with van der Waals surface area (Å²) in [6, 6.07) is 6.04. The van der Waals surface area contributed by atoms with Crippen molar-refractivity contribution >= 4 is 0 Å². The Kier molecular flexibility index (Phi) is 3.17. The molecule has 0 radical (unpaired) electrons. The Morgan fingerprint density at radius 3 is 2.95 bits per heavy atom. The van der Waals surface area contributed by atoms with Crippen LogP contribution < -0.4 is 15.2 Å². The topological polar surface area (TPSA) is 44.5 Å². The fourth-order valence-electron chi connectivity index (χ4n) is 3.71. The highest BCUT2D eigenvalue weighted by Crippen LogP contribution is 2.47. The third-order valence-electron chi connectivity index (χ3n) is 4.58. The smallest absolute Gasteiger partial charge is 0.125 e. The molecule has 0 saturated heterocycles. The summed E-state index contributed by atoms with van der Waals surface area (Å²) in [5.74, 6) is 2.54. The second-order valence-corrected chi connectivity index (χ2v) is 6.20. The van der Waals surface area contributed by atoms with Gasteiger partial charge in [0.15, 0.2) is 0 Å². The maximum Gasteiger partial charge on any atom is 0.125 e. The first-order valence-corrected chi connectivity index (χ1v) is 7.24. The van der Waals surface area contributed by atoms with Gasteiger partial charge in [0.25, 0.3) is 0 Å². The predicted octanol–water partition coefficient (Wildman–Crippen LogP) is 3.43. The molecular weight excluding hydrogens is 238 g/mol. The minimum absolute atomic E-state index is 0.0291. The number of hydrogen-bond donors (Lipinski definition) is 1. The summed E-state index contributed by atoms with van der Waals surface area (Å²) in [4.78, 5) is 0. The first-order valence-electron chi connectivity index (χ1n) is 7.24. The molecule has 3 heteroatoms. The lowest BCUT2D eigenvalue weighted by Gasteiger charge is -2.45. The van der Waals surface area contributed by atoms with Gasteiger partial charge in [0.05, 0.1) is 7.11 Å². The average molecular weight is 261 g/mol. The SMILES string of the molecule is COc1ccc2c(c1)[C@H](N)CC1(CCCC(C)C1)O2. The van der Waals surface area contributed by atoms with Crippen LogP contribution in [0.3, 0.4) is 0 Å². The van der Waals surface area contributed by atoms with Crippen LogP contribution in [0, 0.1) is 5.92 Å². The van der Waals surface area contributed by atoms with Gasteiger partial charge < -0.3 is 15.2 Å². The number of fused-ring (bicyclic) bond motifs is 1. The standard InChI is InChI=1S/C16H23NO2/c1-11-4-3-7-16(9-11)10-14(17)13-8-12(18-2)5-6-15(13)19-16/h5-6,8,11,14H,3-4,7,9-10,17H2,1-2H3/t11?,14-,16?/m1/s1. The van der Waals surface area contributed by atoms with Crippen molar-refractivity contribution in [3.8, 4) is 11.5 Å². The van der Waals surface area contributed by atoms with Crippen LogP contribution >= 0.6 is 0 Å². The van der Waals surface area contributed by atoms with Crippen LogP contribution in [0.1, 0.15) is 50.6 Å². The molecule has 19 heavy (non-hydrogen) atoms. The first-order chi connectivity index (χ1) is 9.12. The Bertz CT molecular complexity index is 474. The van der Waals surface area contributed by atoms with E-state index in [2.05, 4.69) is 6.92 Å². The Hall–Kier alpha value is -1.22. The van der Waals surface area contributed by atoms with Gasteiger partial charge in [-0.2, -0.15) is 0 Å². The quantitative estimate of drug-likeness (QED) is 0.842. The molecule has 2 aliphatic rings. The Morgan fingerprint density at radius 1 is 1.37 bits per heavy atom. The van der Waals surface area contributed by atoms with E-state index in [-0.39, 0.29) is 11.6 Å². The van der Waals surface area contributed by atoms with Crippen molar-refractivity contribution in [3.63, 3.8) is 0 Å². The molecular formula is C16H23NO2. The van der Waals surface area contributed by atoms with Crippen LogP contribution in [0.15, 0.2) is 18.2 Å². The third kappa shape index (κ3) is 2.32. The molecule has 3 atom stereocenters. The van der Waals surface area contributed by atoms with Gasteiger partial charge >= 0.3 is 0 Å². The zero-order valence-corrected chi connectivity index (χ0v) is 11.8. The lowest BCUT2D eigenvalue weighted by Crippen LogP contribution is -2.46. The number of nitrogens with two attached hydrogens (primary N) is 1. The molecule has 1 fully saturated rings. The number of rotatable bonds is 1. The Balaban J connectivity index is 1.91. The van der Waals surface area contributed by atoms with E-state index in [1.165, 1.54) is 12.8 Å². The van der Waals surface area contributed by atoms with Crippen molar-refractivity contribution in [2.75, 3.05) is 7.11 Å². The zero-order chi connectivity index (χ0) is 13.5. The van der Waals surface area contributed by atoms with Crippen molar-refractivity contribution in [3.05, 3.63) is 23.8 Å². The fraction of sp³-hybridized carbons (Fsp3) is 0.625. The predicted molar refractivity (Wildman–Crippen MR) is 75.5 cm³/mol. The summed E-state index contributed by atoms with van der Waals surface area (Å²) in [5.41, 5.74) is 7.44. The monoisotopic (exact) mass is 261 g/mol. The molecule has 1 saturated carbocycles. The lowest BCUT2D eigenvalue weighted by atomic mass is 9.73. The molecule has 1 heterocycles. The van der Waals surface area contributed by atoms with Crippen LogP contribution in [-0.2, 0) is 0 Å². The zero-order valence-electron chi connectivity index (χ0n) is 11.8. The Labute approximate surface area is 115 Å². The van der Waals surface area contributed by atoms with E-state index in [9.17, 15) is 0 Å². The van der Waals surface area contributed by atoms with Gasteiger partial charge in [0.2, 0.25) is 0 Å². The van der Waals surface area contributed by atoms with E-state index in [1.807, 2.05) is 18.2 Å². The van der Waals surface area contributed by atoms with Crippen molar-refractivity contribution in [2.45, 2.75) is 50.7 Å². The van der Waals surface area contributed by atoms with Gasteiger partial charge in [-0.05, 0) is 43.4 Å². The van der Waals surface area contributed by atoms with Gasteiger partial charge in [0.1, 0.15) is 17.1 Å². The van der Waals surface area contributed by atoms with E-state index >= 15 is 0 Å². The van der Waals surface area contributed by atoms with Gasteiger partial charge in [-0.3, -0.25) is 0 Å². The normalized spacial score (nSPS) is 33.6. The maximum atomic E-state index is 6.39. The van der Waals surface area contributed by atoms with Crippen LogP contribution in [-0.4, -0.2) is 12.7 Å². The molecule has 1 spiro atoms. The molecule has 1 aliphatic heterocycles. The maximum absolute atomic E-state index is 6.39. The third-order valence-corrected chi connectivity index (χ3v) is 4.58. The molecule has 2 N–H and O–H groups in total. The molecule has 104 valence electrons. The number of ether oxygens (including phenoxy) is 2. The summed E-state index contributed by atoms with van der Waals surface area (Å²) in [7, 11) is 1.68. The molecule has 3 rings (SSSR count). The summed E-state index contributed by atoms with van der Waals surface area (Å²) < 4.78 is 11.6. The fourth-order valence-corrected chi connectivity index (χ4v) is 3.71. The molecule has 1 aliphatic carbocycles. The highest BCUT2D eigenvalue weighted by atomic mass is 16.5. The van der Waals surface area contributed by atoms with E-state index in [0.29, 0.717) is 0 Å². The van der Waals surface area contributed by atoms with E-state index < -0.39 is 0 Å². The van der Waals surface area contributed by atoms with Crippen molar-refractivity contribution in [2.24, 2.45) is 11.7 Å². The largest absolute Gasteiger partial charge is 0.497 e. The highest BCUT2D eigenvalue weighted by molar-refractivity contribution is 5.44. The summed E-state index contributed by atoms with van der Waals surface area (Å²) >= 11 is 0. The molecule has 0 aromatic heterocycles. The van der Waals surface area contributed by atoms with E-state index in [1.54, 1.807) is 7.11 Å². The van der Waals surface area contributed by atoms with Crippen molar-refractivity contribution < 1.29 is 9.47 Å². The summed E-state index contributed by atoms with van der Waals surface area (Å²) in [6.07, 6.45) is 5.76. The highest BCUT2D eigenvalue weighted by Gasteiger charge is 2.42. The van der Waals surface area contributed by atoms with Crippen molar-refractivity contribution in [1.29, 1.82) is 0 Å².